The molecule has 0 amide bonds. The van der Waals surface area contributed by atoms with Crippen molar-refractivity contribution in [3.05, 3.63) is 0 Å². The van der Waals surface area contributed by atoms with Gasteiger partial charge in [-0.25, -0.2) is 0 Å². The fourth-order valence-electron chi connectivity index (χ4n) is 0. The zero-order valence-electron chi connectivity index (χ0n) is 2.06. The fourth-order valence-corrected chi connectivity index (χ4v) is 0. The third kappa shape index (κ3) is 11.1. The van der Waals surface area contributed by atoms with Gasteiger partial charge in [0.1, 0.15) is 0 Å². The summed E-state index contributed by atoms with van der Waals surface area (Å²) < 4.78 is 0. The molecule has 4 heteroatoms. The van der Waals surface area contributed by atoms with Gasteiger partial charge < -0.3 is 17.1 Å². The van der Waals surface area contributed by atoms with Gasteiger partial charge >= 0.3 is 0 Å². The largest absolute Gasteiger partial charge is 0.412 e. The summed E-state index contributed by atoms with van der Waals surface area (Å²) in [5.74, 6) is 0. The first-order valence-corrected chi connectivity index (χ1v) is 0. The Bertz CT molecular complexity index is 6.00. The van der Waals surface area contributed by atoms with E-state index in [1.165, 1.54) is 0 Å². The first kappa shape index (κ1) is 67.8. The van der Waals surface area contributed by atoms with Gasteiger partial charge in [-0.05, 0) is 0 Å². The Morgan fingerprint density at radius 3 is 0.750 bits per heavy atom. The van der Waals surface area contributed by atoms with Crippen molar-refractivity contribution in [3.8, 4) is 0 Å². The van der Waals surface area contributed by atoms with Gasteiger partial charge in [-0.15, -0.1) is 0 Å². The minimum Gasteiger partial charge on any atom is -0.412 e. The first-order chi connectivity index (χ1) is 0. The molecule has 0 atom stereocenters. The minimum absolute atomic E-state index is 0. The molecule has 0 aliphatic rings. The van der Waals surface area contributed by atoms with E-state index in [2.05, 4.69) is 0 Å². The first-order valence-electron chi connectivity index (χ1n) is 0. The second-order valence-corrected chi connectivity index (χ2v) is 0. The van der Waals surface area contributed by atoms with Crippen LogP contribution < -0.4 is 6.15 Å². The molecule has 0 rings (SSSR count). The van der Waals surface area contributed by atoms with Crippen LogP contribution in [-0.4, -0.2) is 11.0 Å². The van der Waals surface area contributed by atoms with Gasteiger partial charge in [-0.2, -0.15) is 0 Å². The molecule has 0 aliphatic heterocycles. The standard InChI is InChI=1S/Ar.H3N.2H2O/h;1H3;2*1H2. The summed E-state index contributed by atoms with van der Waals surface area (Å²) in [6, 6.07) is 0. The molecular formula is H7ArNO2. The number of hydrogen-bond donors (Lipinski definition) is 1. The van der Waals surface area contributed by atoms with Crippen molar-refractivity contribution in [1.82, 2.24) is 6.15 Å². The fraction of sp³-hybridized carbons (Fsp3) is 0. The molecule has 0 spiro atoms. The van der Waals surface area contributed by atoms with Gasteiger partial charge in [0.2, 0.25) is 0 Å². The summed E-state index contributed by atoms with van der Waals surface area (Å²) in [5.41, 5.74) is 0. The topological polar surface area (TPSA) is 98.0 Å². The van der Waals surface area contributed by atoms with Crippen molar-refractivity contribution >= 4 is 0 Å². The van der Waals surface area contributed by atoms with Crippen molar-refractivity contribution in [1.29, 1.82) is 0 Å². The van der Waals surface area contributed by atoms with Crippen LogP contribution in [0.4, 0.5) is 0 Å². The molecule has 0 aromatic rings. The van der Waals surface area contributed by atoms with Crippen molar-refractivity contribution < 1.29 is 48.7 Å². The van der Waals surface area contributed by atoms with Crippen LogP contribution in [0.5, 0.6) is 0 Å². The van der Waals surface area contributed by atoms with Crippen LogP contribution in [0.3, 0.4) is 0 Å². The van der Waals surface area contributed by atoms with Crippen molar-refractivity contribution in [3.63, 3.8) is 0 Å². The van der Waals surface area contributed by atoms with Crippen molar-refractivity contribution in [2.45, 2.75) is 0 Å². The molecule has 7 N–H and O–H groups in total. The minimum atomic E-state index is 0. The maximum Gasteiger partial charge on any atom is 0 e. The van der Waals surface area contributed by atoms with Crippen molar-refractivity contribution in [2.75, 3.05) is 0 Å². The van der Waals surface area contributed by atoms with E-state index in [1.807, 2.05) is 0 Å². The SMILES string of the molecule is N.O.O.[Ar]. The van der Waals surface area contributed by atoms with Crippen LogP contribution in [0.2, 0.25) is 0 Å². The molecule has 4 heavy (non-hydrogen) atoms. The Kier molecular flexibility index (Phi) is 533. The van der Waals surface area contributed by atoms with Crippen molar-refractivity contribution in [2.24, 2.45) is 0 Å². The Hall–Kier alpha value is 1.14. The summed E-state index contributed by atoms with van der Waals surface area (Å²) in [4.78, 5) is 0. The molecule has 0 bridgehead atoms. The Morgan fingerprint density at radius 1 is 0.750 bits per heavy atom. The van der Waals surface area contributed by atoms with Crippen LogP contribution in [0, 0.1) is 37.7 Å². The molecule has 32 valence electrons. The molecule has 0 aromatic carbocycles. The number of hydrogen-bond acceptors (Lipinski definition) is 1. The molecule has 0 aliphatic carbocycles. The molecule has 0 saturated carbocycles. The van der Waals surface area contributed by atoms with E-state index >= 15 is 0 Å². The van der Waals surface area contributed by atoms with E-state index in [-0.39, 0.29) is 54.8 Å². The predicted molar refractivity (Wildman–Crippen MR) is 12.2 cm³/mol. The van der Waals surface area contributed by atoms with E-state index in [0.717, 1.165) is 0 Å². The van der Waals surface area contributed by atoms with Crippen LogP contribution in [-0.2, 0) is 0 Å². The molecule has 0 radical (unpaired) electrons. The smallest absolute Gasteiger partial charge is 0 e. The predicted octanol–water partition coefficient (Wildman–Crippen LogP) is -1.49. The van der Waals surface area contributed by atoms with E-state index in [9.17, 15) is 0 Å². The molecular weight excluding hydrogens is 86.0 g/mol. The summed E-state index contributed by atoms with van der Waals surface area (Å²) in [7, 11) is 0. The molecule has 0 saturated heterocycles. The van der Waals surface area contributed by atoms with Gasteiger partial charge in [0, 0.05) is 37.7 Å². The molecule has 0 heterocycles. The van der Waals surface area contributed by atoms with E-state index in [1.54, 1.807) is 0 Å². The number of rotatable bonds is 0. The van der Waals surface area contributed by atoms with Gasteiger partial charge in [0.05, 0.1) is 0 Å². The van der Waals surface area contributed by atoms with Gasteiger partial charge in [-0.3, -0.25) is 0 Å². The molecule has 0 fully saturated rings. The Balaban J connectivity index is 0. The second-order valence-electron chi connectivity index (χ2n) is 0. The second kappa shape index (κ2) is 31.4. The van der Waals surface area contributed by atoms with Crippen LogP contribution in [0.1, 0.15) is 0 Å². The van der Waals surface area contributed by atoms with Crippen LogP contribution in [0.15, 0.2) is 0 Å². The maximum atomic E-state index is 0. The van der Waals surface area contributed by atoms with Gasteiger partial charge in [0.15, 0.2) is 0 Å². The average molecular weight is 93.0 g/mol. The summed E-state index contributed by atoms with van der Waals surface area (Å²) in [6.07, 6.45) is 0. The average Bonchev–Trinajstić information content (AvgIpc) is 0. The van der Waals surface area contributed by atoms with E-state index in [0.29, 0.717) is 0 Å². The zero-order chi connectivity index (χ0) is 0. The van der Waals surface area contributed by atoms with Gasteiger partial charge in [-0.1, -0.05) is 0 Å². The zero-order valence-corrected chi connectivity index (χ0v) is 2.77. The quantitative estimate of drug-likeness (QED) is 0.387. The third-order valence-corrected chi connectivity index (χ3v) is 0. The normalized spacial score (nSPS) is 0. The van der Waals surface area contributed by atoms with Crippen LogP contribution in [0.25, 0.3) is 0 Å². The summed E-state index contributed by atoms with van der Waals surface area (Å²) in [5, 5.41) is 0. The summed E-state index contributed by atoms with van der Waals surface area (Å²) >= 11 is 0. The van der Waals surface area contributed by atoms with Gasteiger partial charge in [0.25, 0.3) is 0 Å². The third-order valence-electron chi connectivity index (χ3n) is 0. The van der Waals surface area contributed by atoms with E-state index < -0.39 is 0 Å². The maximum absolute atomic E-state index is 0. The monoisotopic (exact) mass is 93.0 g/mol. The Labute approximate surface area is 54.6 Å². The molecule has 3 nitrogen and oxygen atoms in total. The van der Waals surface area contributed by atoms with Crippen LogP contribution >= 0.6 is 0 Å². The summed E-state index contributed by atoms with van der Waals surface area (Å²) in [6.45, 7) is 0. The van der Waals surface area contributed by atoms with E-state index in [4.69, 9.17) is 0 Å². The Morgan fingerprint density at radius 2 is 0.750 bits per heavy atom. The molecule has 0 unspecified atom stereocenters. The molecule has 0 aromatic heterocycles.